The van der Waals surface area contributed by atoms with Crippen molar-refractivity contribution in [2.75, 3.05) is 12.8 Å². The summed E-state index contributed by atoms with van der Waals surface area (Å²) in [6.07, 6.45) is 0.969. The Hall–Kier alpha value is -1.48. The fourth-order valence-electron chi connectivity index (χ4n) is 1.74. The van der Waals surface area contributed by atoms with Crippen molar-refractivity contribution in [2.24, 2.45) is 0 Å². The Labute approximate surface area is 99.7 Å². The highest BCUT2D eigenvalue weighted by atomic mass is 32.1. The molecule has 2 N–H and O–H groups in total. The molecular weight excluding hydrogens is 218 g/mol. The monoisotopic (exact) mass is 233 g/mol. The SMILES string of the molecule is CCc1cc(-c2csc(N)c2)ccc1OC. The molecule has 0 unspecified atom stereocenters. The predicted octanol–water partition coefficient (Wildman–Crippen LogP) is 3.57. The van der Waals surface area contributed by atoms with Crippen LogP contribution in [-0.4, -0.2) is 7.11 Å². The number of aryl methyl sites for hydroxylation is 1. The Kier molecular flexibility index (Phi) is 3.15. The lowest BCUT2D eigenvalue weighted by atomic mass is 10.0. The second kappa shape index (κ2) is 4.58. The first kappa shape index (κ1) is 11.0. The highest BCUT2D eigenvalue weighted by Gasteiger charge is 2.05. The zero-order valence-electron chi connectivity index (χ0n) is 9.49. The van der Waals surface area contributed by atoms with Gasteiger partial charge in [0.2, 0.25) is 0 Å². The largest absolute Gasteiger partial charge is 0.496 e. The van der Waals surface area contributed by atoms with Crippen LogP contribution in [0.1, 0.15) is 12.5 Å². The summed E-state index contributed by atoms with van der Waals surface area (Å²) in [6, 6.07) is 8.26. The molecule has 1 aromatic heterocycles. The van der Waals surface area contributed by atoms with E-state index in [2.05, 4.69) is 24.4 Å². The van der Waals surface area contributed by atoms with E-state index in [9.17, 15) is 0 Å². The predicted molar refractivity (Wildman–Crippen MR) is 70.1 cm³/mol. The zero-order chi connectivity index (χ0) is 11.5. The van der Waals surface area contributed by atoms with Crippen molar-refractivity contribution in [3.05, 3.63) is 35.2 Å². The molecule has 1 heterocycles. The van der Waals surface area contributed by atoms with Crippen molar-refractivity contribution in [1.82, 2.24) is 0 Å². The molecule has 0 spiro atoms. The van der Waals surface area contributed by atoms with Crippen molar-refractivity contribution in [3.8, 4) is 16.9 Å². The summed E-state index contributed by atoms with van der Waals surface area (Å²) in [4.78, 5) is 0. The van der Waals surface area contributed by atoms with E-state index in [4.69, 9.17) is 10.5 Å². The molecule has 0 atom stereocenters. The third-order valence-electron chi connectivity index (χ3n) is 2.61. The van der Waals surface area contributed by atoms with Gasteiger partial charge in [0, 0.05) is 5.38 Å². The smallest absolute Gasteiger partial charge is 0.122 e. The maximum atomic E-state index is 5.74. The van der Waals surface area contributed by atoms with Gasteiger partial charge in [0.15, 0.2) is 0 Å². The van der Waals surface area contributed by atoms with Gasteiger partial charge < -0.3 is 10.5 Å². The molecule has 0 radical (unpaired) electrons. The number of anilines is 1. The summed E-state index contributed by atoms with van der Waals surface area (Å²) in [5.74, 6) is 0.953. The molecule has 2 rings (SSSR count). The summed E-state index contributed by atoms with van der Waals surface area (Å²) < 4.78 is 5.31. The molecule has 1 aromatic carbocycles. The summed E-state index contributed by atoms with van der Waals surface area (Å²) in [5, 5.41) is 2.93. The number of nitrogen functional groups attached to an aromatic ring is 1. The molecule has 0 aliphatic heterocycles. The van der Waals surface area contributed by atoms with Crippen LogP contribution in [0.2, 0.25) is 0 Å². The third-order valence-corrected chi connectivity index (χ3v) is 3.38. The fourth-order valence-corrected chi connectivity index (χ4v) is 2.40. The van der Waals surface area contributed by atoms with E-state index in [0.717, 1.165) is 17.2 Å². The van der Waals surface area contributed by atoms with Gasteiger partial charge in [-0.25, -0.2) is 0 Å². The van der Waals surface area contributed by atoms with Gasteiger partial charge in [0.25, 0.3) is 0 Å². The van der Waals surface area contributed by atoms with Gasteiger partial charge >= 0.3 is 0 Å². The first-order valence-corrected chi connectivity index (χ1v) is 6.14. The second-order valence-corrected chi connectivity index (χ2v) is 4.56. The maximum absolute atomic E-state index is 5.74. The number of rotatable bonds is 3. The molecule has 0 bridgehead atoms. The summed E-state index contributed by atoms with van der Waals surface area (Å²) in [5.41, 5.74) is 9.34. The minimum absolute atomic E-state index is 0.851. The maximum Gasteiger partial charge on any atom is 0.122 e. The molecule has 2 nitrogen and oxygen atoms in total. The first-order valence-electron chi connectivity index (χ1n) is 5.26. The van der Waals surface area contributed by atoms with Crippen molar-refractivity contribution < 1.29 is 4.74 Å². The number of ether oxygens (including phenoxy) is 1. The van der Waals surface area contributed by atoms with Gasteiger partial charge in [-0.1, -0.05) is 13.0 Å². The first-order chi connectivity index (χ1) is 7.74. The van der Waals surface area contributed by atoms with E-state index in [1.54, 1.807) is 18.4 Å². The Morgan fingerprint density at radius 1 is 1.25 bits per heavy atom. The lowest BCUT2D eigenvalue weighted by Gasteiger charge is -2.08. The van der Waals surface area contributed by atoms with E-state index in [1.165, 1.54) is 16.7 Å². The van der Waals surface area contributed by atoms with Gasteiger partial charge in [-0.3, -0.25) is 0 Å². The summed E-state index contributed by atoms with van der Waals surface area (Å²) in [6.45, 7) is 2.13. The van der Waals surface area contributed by atoms with Crippen LogP contribution in [0.4, 0.5) is 5.00 Å². The van der Waals surface area contributed by atoms with E-state index in [-0.39, 0.29) is 0 Å². The van der Waals surface area contributed by atoms with Crippen LogP contribution in [0, 0.1) is 0 Å². The van der Waals surface area contributed by atoms with E-state index in [0.29, 0.717) is 0 Å². The molecule has 0 saturated heterocycles. The van der Waals surface area contributed by atoms with Crippen LogP contribution in [-0.2, 0) is 6.42 Å². The minimum Gasteiger partial charge on any atom is -0.496 e. The Balaban J connectivity index is 2.43. The molecule has 16 heavy (non-hydrogen) atoms. The molecule has 0 aliphatic rings. The summed E-state index contributed by atoms with van der Waals surface area (Å²) in [7, 11) is 1.71. The standard InChI is InChI=1S/C13H15NOS/c1-3-9-6-10(4-5-12(9)15-2)11-7-13(14)16-8-11/h4-8H,3,14H2,1-2H3. The second-order valence-electron chi connectivity index (χ2n) is 3.62. The topological polar surface area (TPSA) is 35.2 Å². The van der Waals surface area contributed by atoms with Crippen LogP contribution in [0.25, 0.3) is 11.1 Å². The molecule has 0 saturated carbocycles. The number of benzene rings is 1. The lowest BCUT2D eigenvalue weighted by Crippen LogP contribution is -1.90. The van der Waals surface area contributed by atoms with Crippen LogP contribution >= 0.6 is 11.3 Å². The quantitative estimate of drug-likeness (QED) is 0.879. The molecule has 0 fully saturated rings. The van der Waals surface area contributed by atoms with Crippen molar-refractivity contribution in [2.45, 2.75) is 13.3 Å². The van der Waals surface area contributed by atoms with Gasteiger partial charge in [-0.2, -0.15) is 0 Å². The number of thiophene rings is 1. The average molecular weight is 233 g/mol. The number of nitrogens with two attached hydrogens (primary N) is 1. The average Bonchev–Trinajstić information content (AvgIpc) is 2.75. The number of hydrogen-bond acceptors (Lipinski definition) is 3. The Bertz CT molecular complexity index is 490. The molecule has 84 valence electrons. The van der Waals surface area contributed by atoms with Crippen molar-refractivity contribution in [3.63, 3.8) is 0 Å². The highest BCUT2D eigenvalue weighted by molar-refractivity contribution is 7.14. The van der Waals surface area contributed by atoms with E-state index in [1.807, 2.05) is 12.1 Å². The minimum atomic E-state index is 0.851. The molecule has 2 aromatic rings. The molecular formula is C13H15NOS. The van der Waals surface area contributed by atoms with Gasteiger partial charge in [-0.05, 0) is 41.3 Å². The molecule has 0 aliphatic carbocycles. The van der Waals surface area contributed by atoms with Gasteiger partial charge in [0.1, 0.15) is 5.75 Å². The van der Waals surface area contributed by atoms with Gasteiger partial charge in [-0.15, -0.1) is 11.3 Å². The Morgan fingerprint density at radius 3 is 2.62 bits per heavy atom. The van der Waals surface area contributed by atoms with Gasteiger partial charge in [0.05, 0.1) is 12.1 Å². The molecule has 3 heteroatoms. The van der Waals surface area contributed by atoms with Crippen LogP contribution in [0.5, 0.6) is 5.75 Å². The van der Waals surface area contributed by atoms with Crippen molar-refractivity contribution >= 4 is 16.3 Å². The lowest BCUT2D eigenvalue weighted by molar-refractivity contribution is 0.410. The summed E-state index contributed by atoms with van der Waals surface area (Å²) >= 11 is 1.57. The Morgan fingerprint density at radius 2 is 2.06 bits per heavy atom. The third kappa shape index (κ3) is 2.04. The van der Waals surface area contributed by atoms with Crippen LogP contribution in [0.3, 0.4) is 0 Å². The molecule has 0 amide bonds. The van der Waals surface area contributed by atoms with E-state index < -0.39 is 0 Å². The van der Waals surface area contributed by atoms with Crippen LogP contribution < -0.4 is 10.5 Å². The normalized spacial score (nSPS) is 10.4. The van der Waals surface area contributed by atoms with Crippen molar-refractivity contribution in [1.29, 1.82) is 0 Å². The number of hydrogen-bond donors (Lipinski definition) is 1. The van der Waals surface area contributed by atoms with Crippen LogP contribution in [0.15, 0.2) is 29.6 Å². The van der Waals surface area contributed by atoms with E-state index >= 15 is 0 Å². The fraction of sp³-hybridized carbons (Fsp3) is 0.231. The number of methoxy groups -OCH3 is 1. The zero-order valence-corrected chi connectivity index (χ0v) is 10.3. The highest BCUT2D eigenvalue weighted by Crippen LogP contribution is 2.30.